The van der Waals surface area contributed by atoms with Crippen LogP contribution in [-0.4, -0.2) is 61.3 Å². The van der Waals surface area contributed by atoms with E-state index < -0.39 is 0 Å². The van der Waals surface area contributed by atoms with Crippen molar-refractivity contribution in [2.75, 3.05) is 32.8 Å². The number of nitrogens with one attached hydrogen (secondary N) is 2. The molecule has 5 rings (SSSR count). The SMILES string of the molecule is CC(C)CN1CC2CC3CNC2(C(=O)NCC2CCCCO2)C1C3. The highest BCUT2D eigenvalue weighted by Gasteiger charge is 2.64. The van der Waals surface area contributed by atoms with E-state index >= 15 is 0 Å². The highest BCUT2D eigenvalue weighted by Crippen LogP contribution is 2.49. The summed E-state index contributed by atoms with van der Waals surface area (Å²) in [5, 5.41) is 6.95. The lowest BCUT2D eigenvalue weighted by molar-refractivity contribution is -0.135. The Kier molecular flexibility index (Phi) is 4.61. The number of amides is 1. The molecule has 4 heterocycles. The summed E-state index contributed by atoms with van der Waals surface area (Å²) in [6.45, 7) is 9.28. The zero-order valence-electron chi connectivity index (χ0n) is 15.2. The normalized spacial score (nSPS) is 41.8. The van der Waals surface area contributed by atoms with Gasteiger partial charge in [0.25, 0.3) is 0 Å². The maximum absolute atomic E-state index is 13.3. The fourth-order valence-electron chi connectivity index (χ4n) is 5.68. The topological polar surface area (TPSA) is 53.6 Å². The summed E-state index contributed by atoms with van der Waals surface area (Å²) in [6.07, 6.45) is 6.07. The van der Waals surface area contributed by atoms with Crippen molar-refractivity contribution >= 4 is 5.91 Å². The lowest BCUT2D eigenvalue weighted by Gasteiger charge is -2.51. The molecule has 2 N–H and O–H groups in total. The Balaban J connectivity index is 1.46. The molecular weight excluding hydrogens is 302 g/mol. The quantitative estimate of drug-likeness (QED) is 0.797. The fraction of sp³-hybridized carbons (Fsp3) is 0.947. The summed E-state index contributed by atoms with van der Waals surface area (Å²) in [5.41, 5.74) is -0.349. The van der Waals surface area contributed by atoms with Crippen LogP contribution in [0.25, 0.3) is 0 Å². The zero-order valence-corrected chi connectivity index (χ0v) is 15.2. The van der Waals surface area contributed by atoms with Crippen LogP contribution in [-0.2, 0) is 9.53 Å². The maximum atomic E-state index is 13.3. The van der Waals surface area contributed by atoms with Gasteiger partial charge in [0.15, 0.2) is 0 Å². The van der Waals surface area contributed by atoms with Crippen LogP contribution in [0, 0.1) is 17.8 Å². The second kappa shape index (κ2) is 6.58. The van der Waals surface area contributed by atoms with E-state index in [1.807, 2.05) is 0 Å². The molecule has 5 aliphatic rings. The van der Waals surface area contributed by atoms with Crippen molar-refractivity contribution in [3.63, 3.8) is 0 Å². The van der Waals surface area contributed by atoms with E-state index in [2.05, 4.69) is 29.4 Å². The van der Waals surface area contributed by atoms with Crippen molar-refractivity contribution in [3.05, 3.63) is 0 Å². The van der Waals surface area contributed by atoms with Crippen molar-refractivity contribution in [2.45, 2.75) is 63.6 Å². The first kappa shape index (κ1) is 16.8. The van der Waals surface area contributed by atoms with Crippen molar-refractivity contribution in [1.82, 2.24) is 15.5 Å². The lowest BCUT2D eigenvalue weighted by atomic mass is 9.64. The number of ether oxygens (including phenoxy) is 1. The third-order valence-corrected chi connectivity index (χ3v) is 6.66. The first-order chi connectivity index (χ1) is 11.6. The minimum absolute atomic E-state index is 0.212. The summed E-state index contributed by atoms with van der Waals surface area (Å²) in [6, 6.07) is 0.379. The smallest absolute Gasteiger partial charge is 0.242 e. The number of likely N-dealkylation sites (tertiary alicyclic amines) is 1. The predicted octanol–water partition coefficient (Wildman–Crippen LogP) is 1.38. The van der Waals surface area contributed by atoms with Crippen LogP contribution in [0.2, 0.25) is 0 Å². The minimum Gasteiger partial charge on any atom is -0.376 e. The first-order valence-electron chi connectivity index (χ1n) is 9.98. The van der Waals surface area contributed by atoms with Crippen LogP contribution in [0.1, 0.15) is 46.0 Å². The van der Waals surface area contributed by atoms with Gasteiger partial charge in [-0.2, -0.15) is 0 Å². The van der Waals surface area contributed by atoms with E-state index in [-0.39, 0.29) is 17.6 Å². The molecule has 5 unspecified atom stereocenters. The van der Waals surface area contributed by atoms with Gasteiger partial charge in [0, 0.05) is 38.2 Å². The molecular formula is C19H33N3O2. The van der Waals surface area contributed by atoms with Crippen molar-refractivity contribution in [1.29, 1.82) is 0 Å². The van der Waals surface area contributed by atoms with Gasteiger partial charge in [-0.3, -0.25) is 9.69 Å². The molecule has 0 aromatic heterocycles. The summed E-state index contributed by atoms with van der Waals surface area (Å²) in [4.78, 5) is 15.9. The van der Waals surface area contributed by atoms with Crippen LogP contribution < -0.4 is 10.6 Å². The minimum atomic E-state index is -0.349. The molecule has 4 aliphatic heterocycles. The summed E-state index contributed by atoms with van der Waals surface area (Å²) < 4.78 is 5.79. The van der Waals surface area contributed by atoms with Crippen molar-refractivity contribution in [3.8, 4) is 0 Å². The number of carbonyl (C=O) groups is 1. The van der Waals surface area contributed by atoms with E-state index in [1.165, 1.54) is 19.3 Å². The molecule has 1 saturated carbocycles. The van der Waals surface area contributed by atoms with Crippen LogP contribution in [0.15, 0.2) is 0 Å². The average molecular weight is 335 g/mol. The number of hydrogen-bond acceptors (Lipinski definition) is 4. The average Bonchev–Trinajstić information content (AvgIpc) is 2.79. The number of rotatable bonds is 5. The molecule has 4 saturated heterocycles. The molecule has 5 fully saturated rings. The van der Waals surface area contributed by atoms with E-state index in [4.69, 9.17) is 4.74 Å². The van der Waals surface area contributed by atoms with Gasteiger partial charge in [0.1, 0.15) is 5.54 Å². The maximum Gasteiger partial charge on any atom is 0.242 e. The van der Waals surface area contributed by atoms with Crippen LogP contribution >= 0.6 is 0 Å². The summed E-state index contributed by atoms with van der Waals surface area (Å²) >= 11 is 0. The lowest BCUT2D eigenvalue weighted by Crippen LogP contribution is -2.73. The molecule has 5 atom stereocenters. The number of hydrogen-bond donors (Lipinski definition) is 2. The Morgan fingerprint density at radius 2 is 2.25 bits per heavy atom. The molecule has 0 aromatic rings. The standard InChI is InChI=1S/C19H33N3O2/c1-13(2)11-22-12-15-7-14-8-17(22)19(15,21-9-14)18(23)20-10-16-5-3-4-6-24-16/h13-17,21H,3-12H2,1-2H3,(H,20,23). The Hall–Kier alpha value is -0.650. The van der Waals surface area contributed by atoms with Gasteiger partial charge in [-0.1, -0.05) is 13.8 Å². The summed E-state index contributed by atoms with van der Waals surface area (Å²) in [7, 11) is 0. The van der Waals surface area contributed by atoms with Gasteiger partial charge < -0.3 is 15.4 Å². The van der Waals surface area contributed by atoms with Gasteiger partial charge in [-0.15, -0.1) is 0 Å². The Bertz CT molecular complexity index is 477. The van der Waals surface area contributed by atoms with Gasteiger partial charge in [-0.05, 0) is 50.5 Å². The molecule has 136 valence electrons. The Morgan fingerprint density at radius 3 is 3.00 bits per heavy atom. The number of nitrogens with zero attached hydrogens (tertiary/aromatic N) is 1. The van der Waals surface area contributed by atoms with Gasteiger partial charge in [0.2, 0.25) is 5.91 Å². The summed E-state index contributed by atoms with van der Waals surface area (Å²) in [5.74, 6) is 2.12. The molecule has 4 bridgehead atoms. The zero-order chi connectivity index (χ0) is 16.7. The molecule has 5 nitrogen and oxygen atoms in total. The highest BCUT2D eigenvalue weighted by molar-refractivity contribution is 5.89. The predicted molar refractivity (Wildman–Crippen MR) is 93.7 cm³/mol. The second-order valence-electron chi connectivity index (χ2n) is 8.85. The molecule has 0 radical (unpaired) electrons. The largest absolute Gasteiger partial charge is 0.376 e. The Labute approximate surface area is 145 Å². The molecule has 1 amide bonds. The van der Waals surface area contributed by atoms with Crippen LogP contribution in [0.5, 0.6) is 0 Å². The van der Waals surface area contributed by atoms with E-state index in [1.54, 1.807) is 0 Å². The second-order valence-corrected chi connectivity index (χ2v) is 8.85. The molecule has 24 heavy (non-hydrogen) atoms. The van der Waals surface area contributed by atoms with E-state index in [0.717, 1.165) is 45.0 Å². The van der Waals surface area contributed by atoms with Crippen molar-refractivity contribution < 1.29 is 9.53 Å². The number of carbonyl (C=O) groups excluding carboxylic acids is 1. The molecule has 5 heteroatoms. The molecule has 1 aliphatic carbocycles. The third kappa shape index (κ3) is 2.78. The molecule has 0 spiro atoms. The highest BCUT2D eigenvalue weighted by atomic mass is 16.5. The fourth-order valence-corrected chi connectivity index (χ4v) is 5.68. The van der Waals surface area contributed by atoms with Crippen LogP contribution in [0.3, 0.4) is 0 Å². The number of piperidine rings is 2. The number of fused-ring (bicyclic) bond motifs is 1. The van der Waals surface area contributed by atoms with Gasteiger partial charge in [0.05, 0.1) is 6.10 Å². The van der Waals surface area contributed by atoms with E-state index in [9.17, 15) is 4.79 Å². The molecule has 0 aromatic carbocycles. The Morgan fingerprint density at radius 1 is 1.38 bits per heavy atom. The van der Waals surface area contributed by atoms with Crippen molar-refractivity contribution in [2.24, 2.45) is 17.8 Å². The van der Waals surface area contributed by atoms with E-state index in [0.29, 0.717) is 24.4 Å². The first-order valence-corrected chi connectivity index (χ1v) is 9.98. The third-order valence-electron chi connectivity index (χ3n) is 6.66. The van der Waals surface area contributed by atoms with Crippen LogP contribution in [0.4, 0.5) is 0 Å². The van der Waals surface area contributed by atoms with Gasteiger partial charge in [-0.25, -0.2) is 0 Å². The monoisotopic (exact) mass is 335 g/mol. The van der Waals surface area contributed by atoms with Gasteiger partial charge >= 0.3 is 0 Å².